The van der Waals surface area contributed by atoms with Crippen LogP contribution in [0.5, 0.6) is 11.5 Å². The Morgan fingerprint density at radius 3 is 2.35 bits per heavy atom. The van der Waals surface area contributed by atoms with Crippen molar-refractivity contribution in [3.8, 4) is 11.5 Å². The molecule has 3 aromatic rings. The number of aromatic nitrogens is 1. The highest BCUT2D eigenvalue weighted by Crippen LogP contribution is 2.37. The molecule has 1 heterocycles. The third-order valence-electron chi connectivity index (χ3n) is 6.46. The highest BCUT2D eigenvalue weighted by atomic mass is 35.5. The lowest BCUT2D eigenvalue weighted by Crippen LogP contribution is -2.36. The van der Waals surface area contributed by atoms with Gasteiger partial charge in [0.25, 0.3) is 0 Å². The number of hydrogen-bond acceptors (Lipinski definition) is 4. The van der Waals surface area contributed by atoms with E-state index in [1.54, 1.807) is 20.4 Å². The molecule has 34 heavy (non-hydrogen) atoms. The Balaban J connectivity index is 0.00000324. The fraction of sp³-hybridized carbons (Fsp3) is 0.357. The lowest BCUT2D eigenvalue weighted by Gasteiger charge is -2.31. The fourth-order valence-electron chi connectivity index (χ4n) is 4.47. The maximum absolute atomic E-state index is 14.0. The number of carbonyl (C=O) groups is 1. The van der Waals surface area contributed by atoms with Gasteiger partial charge in [-0.1, -0.05) is 32.0 Å². The number of benzene rings is 2. The molecule has 0 spiro atoms. The van der Waals surface area contributed by atoms with Crippen LogP contribution in [0.4, 0.5) is 5.69 Å². The van der Waals surface area contributed by atoms with Crippen molar-refractivity contribution in [3.63, 3.8) is 0 Å². The summed E-state index contributed by atoms with van der Waals surface area (Å²) in [7, 11) is 3.29. The Hall–Kier alpha value is -3.05. The average Bonchev–Trinajstić information content (AvgIpc) is 2.86. The Labute approximate surface area is 208 Å². The maximum Gasteiger partial charge on any atom is 0.234 e. The third-order valence-corrected chi connectivity index (χ3v) is 6.46. The van der Waals surface area contributed by atoms with Crippen LogP contribution in [0.1, 0.15) is 60.9 Å². The van der Waals surface area contributed by atoms with Crippen molar-refractivity contribution in [1.82, 2.24) is 4.98 Å². The number of aryl methyl sites for hydroxylation is 1. The van der Waals surface area contributed by atoms with Gasteiger partial charge in [0.15, 0.2) is 0 Å². The number of halogens is 1. The number of carbonyl (C=O) groups excluding carboxylic acids is 1. The van der Waals surface area contributed by atoms with Crippen LogP contribution >= 0.6 is 12.4 Å². The van der Waals surface area contributed by atoms with Gasteiger partial charge < -0.3 is 14.4 Å². The number of anilines is 1. The second-order valence-electron chi connectivity index (χ2n) is 8.87. The first kappa shape index (κ1) is 25.6. The van der Waals surface area contributed by atoms with Crippen molar-refractivity contribution in [2.75, 3.05) is 19.1 Å². The number of pyridine rings is 1. The van der Waals surface area contributed by atoms with Crippen LogP contribution in [0.2, 0.25) is 0 Å². The lowest BCUT2D eigenvalue weighted by molar-refractivity contribution is -0.120. The third kappa shape index (κ3) is 5.53. The summed E-state index contributed by atoms with van der Waals surface area (Å²) in [5, 5.41) is 0. The summed E-state index contributed by atoms with van der Waals surface area (Å²) in [6, 6.07) is 18.2. The van der Waals surface area contributed by atoms with Gasteiger partial charge in [0.05, 0.1) is 38.6 Å². The van der Waals surface area contributed by atoms with Crippen LogP contribution in [-0.4, -0.2) is 25.1 Å². The van der Waals surface area contributed by atoms with Crippen molar-refractivity contribution < 1.29 is 14.3 Å². The van der Waals surface area contributed by atoms with Crippen molar-refractivity contribution in [1.29, 1.82) is 0 Å². The van der Waals surface area contributed by atoms with E-state index in [9.17, 15) is 4.79 Å². The van der Waals surface area contributed by atoms with Gasteiger partial charge in [-0.15, -0.1) is 12.4 Å². The standard InChI is InChI=1S/C28H32N2O3.ClH/c1-19(2)20-8-12-23(13-9-20)30(18-22-11-15-25(33-4)17-29-22)28(31)26-7-5-6-21-10-14-24(32-3)16-27(21)26;/h8-17,19,26H,5-7,18H2,1-4H3;1H. The first-order valence-corrected chi connectivity index (χ1v) is 11.6. The number of ether oxygens (including phenoxy) is 2. The smallest absolute Gasteiger partial charge is 0.234 e. The van der Waals surface area contributed by atoms with Gasteiger partial charge in [0.1, 0.15) is 11.5 Å². The molecule has 1 unspecified atom stereocenters. The fourth-order valence-corrected chi connectivity index (χ4v) is 4.47. The van der Waals surface area contributed by atoms with Crippen molar-refractivity contribution >= 4 is 24.0 Å². The molecule has 0 fully saturated rings. The van der Waals surface area contributed by atoms with E-state index in [-0.39, 0.29) is 24.2 Å². The van der Waals surface area contributed by atoms with E-state index >= 15 is 0 Å². The van der Waals surface area contributed by atoms with E-state index in [4.69, 9.17) is 9.47 Å². The molecule has 1 atom stereocenters. The number of fused-ring (bicyclic) bond motifs is 1. The average molecular weight is 481 g/mol. The number of rotatable bonds is 7. The minimum absolute atomic E-state index is 0. The van der Waals surface area contributed by atoms with Gasteiger partial charge in [-0.05, 0) is 78.3 Å². The van der Waals surface area contributed by atoms with Gasteiger partial charge in [0.2, 0.25) is 5.91 Å². The van der Waals surface area contributed by atoms with Crippen molar-refractivity contribution in [2.24, 2.45) is 0 Å². The molecule has 6 heteroatoms. The minimum atomic E-state index is -0.202. The largest absolute Gasteiger partial charge is 0.497 e. The molecule has 1 aromatic heterocycles. The highest BCUT2D eigenvalue weighted by Gasteiger charge is 2.31. The number of methoxy groups -OCH3 is 2. The van der Waals surface area contributed by atoms with E-state index < -0.39 is 0 Å². The van der Waals surface area contributed by atoms with Crippen LogP contribution in [0, 0.1) is 0 Å². The van der Waals surface area contributed by atoms with Gasteiger partial charge in [-0.2, -0.15) is 0 Å². The summed E-state index contributed by atoms with van der Waals surface area (Å²) in [6.45, 7) is 4.75. The van der Waals surface area contributed by atoms with Crippen LogP contribution in [0.15, 0.2) is 60.8 Å². The van der Waals surface area contributed by atoms with Crippen LogP contribution in [0.25, 0.3) is 0 Å². The van der Waals surface area contributed by atoms with Crippen LogP contribution < -0.4 is 14.4 Å². The number of hydrogen-bond donors (Lipinski definition) is 0. The number of nitrogens with zero attached hydrogens (tertiary/aromatic N) is 2. The Morgan fingerprint density at radius 1 is 1.03 bits per heavy atom. The monoisotopic (exact) mass is 480 g/mol. The molecule has 0 saturated heterocycles. The van der Waals surface area contributed by atoms with Crippen LogP contribution in [-0.2, 0) is 17.8 Å². The van der Waals surface area contributed by atoms with Gasteiger partial charge in [0, 0.05) is 5.69 Å². The Bertz CT molecular complexity index is 1100. The quantitative estimate of drug-likeness (QED) is 0.398. The number of amides is 1. The van der Waals surface area contributed by atoms with Gasteiger partial charge in [-0.25, -0.2) is 0 Å². The second-order valence-corrected chi connectivity index (χ2v) is 8.87. The first-order valence-electron chi connectivity index (χ1n) is 11.6. The normalized spacial score (nSPS) is 14.7. The van der Waals surface area contributed by atoms with Gasteiger partial charge >= 0.3 is 0 Å². The van der Waals surface area contributed by atoms with E-state index in [2.05, 4.69) is 37.0 Å². The maximum atomic E-state index is 14.0. The lowest BCUT2D eigenvalue weighted by atomic mass is 9.81. The van der Waals surface area contributed by atoms with Crippen molar-refractivity contribution in [2.45, 2.75) is 51.5 Å². The van der Waals surface area contributed by atoms with E-state index in [0.717, 1.165) is 42.0 Å². The van der Waals surface area contributed by atoms with Crippen molar-refractivity contribution in [3.05, 3.63) is 83.2 Å². The zero-order chi connectivity index (χ0) is 23.4. The molecule has 1 amide bonds. The molecular formula is C28H33ClN2O3. The Morgan fingerprint density at radius 2 is 1.74 bits per heavy atom. The predicted molar refractivity (Wildman–Crippen MR) is 138 cm³/mol. The topological polar surface area (TPSA) is 51.7 Å². The molecule has 5 nitrogen and oxygen atoms in total. The molecule has 180 valence electrons. The molecule has 0 bridgehead atoms. The zero-order valence-electron chi connectivity index (χ0n) is 20.3. The van der Waals surface area contributed by atoms with Gasteiger partial charge in [-0.3, -0.25) is 9.78 Å². The van der Waals surface area contributed by atoms with E-state index in [0.29, 0.717) is 18.2 Å². The Kier molecular flexibility index (Phi) is 8.56. The second kappa shape index (κ2) is 11.4. The molecule has 0 N–H and O–H groups in total. The highest BCUT2D eigenvalue weighted by molar-refractivity contribution is 5.98. The van der Waals surface area contributed by atoms with Crippen LogP contribution in [0.3, 0.4) is 0 Å². The minimum Gasteiger partial charge on any atom is -0.497 e. The molecular weight excluding hydrogens is 448 g/mol. The summed E-state index contributed by atoms with van der Waals surface area (Å²) in [5.74, 6) is 1.82. The summed E-state index contributed by atoms with van der Waals surface area (Å²) in [6.07, 6.45) is 4.51. The molecule has 2 aromatic carbocycles. The summed E-state index contributed by atoms with van der Waals surface area (Å²) >= 11 is 0. The first-order chi connectivity index (χ1) is 16.0. The molecule has 0 radical (unpaired) electrons. The molecule has 0 aliphatic heterocycles. The summed E-state index contributed by atoms with van der Waals surface area (Å²) in [5.41, 5.74) is 5.27. The predicted octanol–water partition coefficient (Wildman–Crippen LogP) is 6.30. The summed E-state index contributed by atoms with van der Waals surface area (Å²) in [4.78, 5) is 20.4. The summed E-state index contributed by atoms with van der Waals surface area (Å²) < 4.78 is 10.7. The molecule has 1 aliphatic rings. The van der Waals surface area contributed by atoms with E-state index in [1.807, 2.05) is 41.3 Å². The van der Waals surface area contributed by atoms with E-state index in [1.165, 1.54) is 11.1 Å². The SMILES string of the molecule is COc1ccc(CN(C(=O)C2CCCc3ccc(OC)cc32)c2ccc(C(C)C)cc2)nc1.Cl. The molecule has 1 aliphatic carbocycles. The molecule has 0 saturated carbocycles. The zero-order valence-corrected chi connectivity index (χ0v) is 21.1. The molecule has 4 rings (SSSR count).